The molecule has 0 aliphatic heterocycles. The summed E-state index contributed by atoms with van der Waals surface area (Å²) in [6, 6.07) is 10.7. The van der Waals surface area contributed by atoms with Crippen molar-refractivity contribution >= 4 is 33.2 Å². The number of methoxy groups -OCH3 is 1. The molecule has 0 saturated carbocycles. The quantitative estimate of drug-likeness (QED) is 0.843. The van der Waals surface area contributed by atoms with E-state index < -0.39 is 0 Å². The van der Waals surface area contributed by atoms with Crippen LogP contribution in [-0.2, 0) is 0 Å². The van der Waals surface area contributed by atoms with Crippen LogP contribution < -0.4 is 15.8 Å². The van der Waals surface area contributed by atoms with Gasteiger partial charge < -0.3 is 15.8 Å². The maximum atomic E-state index is 12.3. The number of carbonyl (C=O) groups excluding carboxylic acids is 1. The fourth-order valence-corrected chi connectivity index (χ4v) is 2.48. The first kappa shape index (κ1) is 14.4. The van der Waals surface area contributed by atoms with E-state index in [0.717, 1.165) is 10.0 Å². The Morgan fingerprint density at radius 2 is 2.00 bits per heavy atom. The maximum absolute atomic E-state index is 12.3. The van der Waals surface area contributed by atoms with Crippen LogP contribution in [0, 0.1) is 6.92 Å². The third-order valence-corrected chi connectivity index (χ3v) is 3.50. The van der Waals surface area contributed by atoms with Gasteiger partial charge in [-0.05, 0) is 52.7 Å². The second kappa shape index (κ2) is 5.96. The molecule has 2 aromatic carbocycles. The number of hydrogen-bond acceptors (Lipinski definition) is 3. The van der Waals surface area contributed by atoms with Crippen LogP contribution >= 0.6 is 15.9 Å². The number of halogens is 1. The Kier molecular flexibility index (Phi) is 4.29. The fourth-order valence-electron chi connectivity index (χ4n) is 1.81. The highest BCUT2D eigenvalue weighted by atomic mass is 79.9. The molecule has 0 fully saturated rings. The number of carbonyl (C=O) groups is 1. The molecule has 0 unspecified atom stereocenters. The van der Waals surface area contributed by atoms with Crippen LogP contribution in [0.25, 0.3) is 0 Å². The van der Waals surface area contributed by atoms with Gasteiger partial charge in [-0.15, -0.1) is 0 Å². The number of nitrogen functional groups attached to an aromatic ring is 1. The summed E-state index contributed by atoms with van der Waals surface area (Å²) in [5.41, 5.74) is 8.49. The van der Waals surface area contributed by atoms with Gasteiger partial charge in [-0.1, -0.05) is 6.07 Å². The predicted molar refractivity (Wildman–Crippen MR) is 84.2 cm³/mol. The SMILES string of the molecule is COc1cc(N)ccc1NC(=O)c1ccc(C)cc1Br. The van der Waals surface area contributed by atoms with Crippen molar-refractivity contribution in [3.05, 3.63) is 52.0 Å². The van der Waals surface area contributed by atoms with Crippen molar-refractivity contribution in [2.24, 2.45) is 0 Å². The van der Waals surface area contributed by atoms with Gasteiger partial charge in [-0.3, -0.25) is 4.79 Å². The van der Waals surface area contributed by atoms with Crippen LogP contribution in [0.4, 0.5) is 11.4 Å². The van der Waals surface area contributed by atoms with Crippen LogP contribution in [0.15, 0.2) is 40.9 Å². The Labute approximate surface area is 126 Å². The molecule has 0 radical (unpaired) electrons. The Balaban J connectivity index is 2.28. The first-order chi connectivity index (χ1) is 9.51. The molecule has 0 saturated heterocycles. The van der Waals surface area contributed by atoms with E-state index in [1.165, 1.54) is 7.11 Å². The second-order valence-electron chi connectivity index (χ2n) is 4.40. The second-order valence-corrected chi connectivity index (χ2v) is 5.25. The lowest BCUT2D eigenvalue weighted by Gasteiger charge is -2.11. The van der Waals surface area contributed by atoms with Gasteiger partial charge in [-0.25, -0.2) is 0 Å². The van der Waals surface area contributed by atoms with Crippen molar-refractivity contribution in [3.63, 3.8) is 0 Å². The minimum absolute atomic E-state index is 0.208. The zero-order valence-corrected chi connectivity index (χ0v) is 12.8. The molecule has 0 aliphatic carbocycles. The third-order valence-electron chi connectivity index (χ3n) is 2.84. The molecule has 0 spiro atoms. The van der Waals surface area contributed by atoms with E-state index in [0.29, 0.717) is 22.7 Å². The summed E-state index contributed by atoms with van der Waals surface area (Å²) in [6.07, 6.45) is 0. The average Bonchev–Trinajstić information content (AvgIpc) is 2.40. The molecule has 2 aromatic rings. The number of rotatable bonds is 3. The highest BCUT2D eigenvalue weighted by Gasteiger charge is 2.12. The molecule has 0 heterocycles. The Bertz CT molecular complexity index is 656. The van der Waals surface area contributed by atoms with Crippen LogP contribution in [0.5, 0.6) is 5.75 Å². The molecular formula is C15H15BrN2O2. The van der Waals surface area contributed by atoms with Crippen molar-refractivity contribution in [2.45, 2.75) is 6.92 Å². The van der Waals surface area contributed by atoms with Crippen LogP contribution in [0.3, 0.4) is 0 Å². The number of nitrogens with two attached hydrogens (primary N) is 1. The number of anilines is 2. The topological polar surface area (TPSA) is 64.3 Å². The Morgan fingerprint density at radius 3 is 2.65 bits per heavy atom. The zero-order valence-electron chi connectivity index (χ0n) is 11.2. The maximum Gasteiger partial charge on any atom is 0.256 e. The van der Waals surface area contributed by atoms with Crippen molar-refractivity contribution in [2.75, 3.05) is 18.2 Å². The van der Waals surface area contributed by atoms with Gasteiger partial charge in [0.15, 0.2) is 0 Å². The number of aryl methyl sites for hydroxylation is 1. The van der Waals surface area contributed by atoms with Gasteiger partial charge in [0.25, 0.3) is 5.91 Å². The van der Waals surface area contributed by atoms with Gasteiger partial charge in [0.2, 0.25) is 0 Å². The predicted octanol–water partition coefficient (Wildman–Crippen LogP) is 3.60. The van der Waals surface area contributed by atoms with E-state index in [9.17, 15) is 4.79 Å². The number of ether oxygens (including phenoxy) is 1. The molecule has 5 heteroatoms. The number of nitrogens with one attached hydrogen (secondary N) is 1. The van der Waals surface area contributed by atoms with E-state index in [4.69, 9.17) is 10.5 Å². The molecule has 0 aliphatic rings. The van der Waals surface area contributed by atoms with Gasteiger partial charge in [0.1, 0.15) is 5.75 Å². The fraction of sp³-hybridized carbons (Fsp3) is 0.133. The molecule has 20 heavy (non-hydrogen) atoms. The van der Waals surface area contributed by atoms with E-state index in [2.05, 4.69) is 21.2 Å². The highest BCUT2D eigenvalue weighted by Crippen LogP contribution is 2.28. The number of hydrogen-bond donors (Lipinski definition) is 2. The van der Waals surface area contributed by atoms with Gasteiger partial charge in [0.05, 0.1) is 18.4 Å². The van der Waals surface area contributed by atoms with Crippen molar-refractivity contribution in [3.8, 4) is 5.75 Å². The summed E-state index contributed by atoms with van der Waals surface area (Å²) in [6.45, 7) is 1.97. The minimum atomic E-state index is -0.208. The largest absolute Gasteiger partial charge is 0.494 e. The summed E-state index contributed by atoms with van der Waals surface area (Å²) in [4.78, 5) is 12.3. The smallest absolute Gasteiger partial charge is 0.256 e. The van der Waals surface area contributed by atoms with Crippen molar-refractivity contribution < 1.29 is 9.53 Å². The number of amides is 1. The van der Waals surface area contributed by atoms with Crippen molar-refractivity contribution in [1.29, 1.82) is 0 Å². The van der Waals surface area contributed by atoms with Crippen LogP contribution in [-0.4, -0.2) is 13.0 Å². The summed E-state index contributed by atoms with van der Waals surface area (Å²) in [7, 11) is 1.53. The molecule has 2 rings (SSSR count). The van der Waals surface area contributed by atoms with Gasteiger partial charge in [-0.2, -0.15) is 0 Å². The molecule has 3 N–H and O–H groups in total. The summed E-state index contributed by atoms with van der Waals surface area (Å²) >= 11 is 3.40. The molecular weight excluding hydrogens is 320 g/mol. The Hall–Kier alpha value is -2.01. The van der Waals surface area contributed by atoms with Gasteiger partial charge >= 0.3 is 0 Å². The zero-order chi connectivity index (χ0) is 14.7. The number of benzene rings is 2. The van der Waals surface area contributed by atoms with Crippen molar-refractivity contribution in [1.82, 2.24) is 0 Å². The standard InChI is InChI=1S/C15H15BrN2O2/c1-9-3-5-11(12(16)7-9)15(19)18-13-6-4-10(17)8-14(13)20-2/h3-8H,17H2,1-2H3,(H,18,19). The molecule has 0 atom stereocenters. The summed E-state index contributed by atoms with van der Waals surface area (Å²) in [5, 5.41) is 2.82. The lowest BCUT2D eigenvalue weighted by atomic mass is 10.1. The molecule has 1 amide bonds. The first-order valence-corrected chi connectivity index (χ1v) is 6.81. The average molecular weight is 335 g/mol. The van der Waals surface area contributed by atoms with Crippen LogP contribution in [0.2, 0.25) is 0 Å². The summed E-state index contributed by atoms with van der Waals surface area (Å²) in [5.74, 6) is 0.321. The lowest BCUT2D eigenvalue weighted by molar-refractivity contribution is 0.102. The Morgan fingerprint density at radius 1 is 1.25 bits per heavy atom. The monoisotopic (exact) mass is 334 g/mol. The van der Waals surface area contributed by atoms with Crippen LogP contribution in [0.1, 0.15) is 15.9 Å². The van der Waals surface area contributed by atoms with E-state index >= 15 is 0 Å². The summed E-state index contributed by atoms with van der Waals surface area (Å²) < 4.78 is 5.96. The molecule has 0 bridgehead atoms. The molecule has 104 valence electrons. The van der Waals surface area contributed by atoms with E-state index in [-0.39, 0.29) is 5.91 Å². The van der Waals surface area contributed by atoms with Gasteiger partial charge in [0, 0.05) is 16.2 Å². The van der Waals surface area contributed by atoms with E-state index in [1.54, 1.807) is 24.3 Å². The molecule has 0 aromatic heterocycles. The first-order valence-electron chi connectivity index (χ1n) is 6.02. The third kappa shape index (κ3) is 3.11. The minimum Gasteiger partial charge on any atom is -0.494 e. The molecule has 4 nitrogen and oxygen atoms in total. The normalized spacial score (nSPS) is 10.2. The lowest BCUT2D eigenvalue weighted by Crippen LogP contribution is -2.13. The van der Waals surface area contributed by atoms with E-state index in [1.807, 2.05) is 19.1 Å². The highest BCUT2D eigenvalue weighted by molar-refractivity contribution is 9.10.